The molecule has 0 bridgehead atoms. The lowest BCUT2D eigenvalue weighted by atomic mass is 10.1. The Labute approximate surface area is 159 Å². The Morgan fingerprint density at radius 2 is 2.04 bits per heavy atom. The number of carbonyl (C=O) groups excluding carboxylic acids is 1. The first-order chi connectivity index (χ1) is 13.2. The van der Waals surface area contributed by atoms with Gasteiger partial charge in [0.2, 0.25) is 5.91 Å². The molecule has 8 heteroatoms. The van der Waals surface area contributed by atoms with E-state index in [-0.39, 0.29) is 0 Å². The molecule has 0 saturated heterocycles. The van der Waals surface area contributed by atoms with E-state index in [2.05, 4.69) is 22.2 Å². The molecule has 3 heterocycles. The second-order valence-corrected chi connectivity index (χ2v) is 6.81. The molecule has 0 saturated carbocycles. The molecule has 1 aromatic carbocycles. The zero-order chi connectivity index (χ0) is 18.8. The Morgan fingerprint density at radius 3 is 2.70 bits per heavy atom. The number of anilines is 1. The fourth-order valence-corrected chi connectivity index (χ4v) is 3.39. The summed E-state index contributed by atoms with van der Waals surface area (Å²) in [5.41, 5.74) is 9.05. The van der Waals surface area contributed by atoms with Gasteiger partial charge in [-0.3, -0.25) is 9.36 Å². The van der Waals surface area contributed by atoms with Crippen molar-refractivity contribution < 1.29 is 4.79 Å². The van der Waals surface area contributed by atoms with Crippen LogP contribution in [0.1, 0.15) is 23.7 Å². The van der Waals surface area contributed by atoms with Crippen molar-refractivity contribution in [3.05, 3.63) is 53.0 Å². The summed E-state index contributed by atoms with van der Waals surface area (Å²) in [6.45, 7) is 2.89. The van der Waals surface area contributed by atoms with Gasteiger partial charge in [-0.1, -0.05) is 19.1 Å². The summed E-state index contributed by atoms with van der Waals surface area (Å²) < 4.78 is 1.95. The number of aromatic nitrogens is 4. The monoisotopic (exact) mass is 378 g/mol. The van der Waals surface area contributed by atoms with Gasteiger partial charge in [0, 0.05) is 23.1 Å². The number of hydrogen-bond donors (Lipinski definition) is 2. The predicted molar refractivity (Wildman–Crippen MR) is 107 cm³/mol. The van der Waals surface area contributed by atoms with E-state index < -0.39 is 5.91 Å². The average Bonchev–Trinajstić information content (AvgIpc) is 3.35. The van der Waals surface area contributed by atoms with Crippen LogP contribution in [0.5, 0.6) is 0 Å². The van der Waals surface area contributed by atoms with Crippen LogP contribution in [0.25, 0.3) is 28.2 Å². The number of nitrogens with one attached hydrogen (secondary N) is 1. The smallest absolute Gasteiger partial charge is 0.248 e. The zero-order valence-electron chi connectivity index (χ0n) is 14.7. The van der Waals surface area contributed by atoms with Gasteiger partial charge >= 0.3 is 0 Å². The number of carbonyl (C=O) groups is 1. The van der Waals surface area contributed by atoms with E-state index in [1.807, 2.05) is 21.4 Å². The molecule has 0 atom stereocenters. The van der Waals surface area contributed by atoms with Crippen LogP contribution in [0.3, 0.4) is 0 Å². The number of rotatable bonds is 6. The highest BCUT2D eigenvalue weighted by atomic mass is 32.1. The fraction of sp³-hybridized carbons (Fsp3) is 0.158. The van der Waals surface area contributed by atoms with E-state index in [0.717, 1.165) is 35.4 Å². The van der Waals surface area contributed by atoms with E-state index >= 15 is 0 Å². The molecule has 3 aromatic heterocycles. The van der Waals surface area contributed by atoms with Crippen LogP contribution in [0.2, 0.25) is 0 Å². The molecular weight excluding hydrogens is 360 g/mol. The van der Waals surface area contributed by atoms with E-state index in [1.165, 1.54) is 0 Å². The lowest BCUT2D eigenvalue weighted by Crippen LogP contribution is -2.10. The molecule has 4 aromatic rings. The standard InChI is InChI=1S/C19H18N6OS/c1-2-8-21-18-15-19(25(11-22-15)14-7-9-27-10-14)24-17(23-18)13-5-3-12(4-6-13)16(20)26/h3-7,9-11H,2,8H2,1H3,(H2,20,26)(H,21,23,24). The highest BCUT2D eigenvalue weighted by Crippen LogP contribution is 2.27. The molecule has 7 nitrogen and oxygen atoms in total. The van der Waals surface area contributed by atoms with Crippen molar-refractivity contribution in [2.45, 2.75) is 13.3 Å². The minimum Gasteiger partial charge on any atom is -0.368 e. The maximum Gasteiger partial charge on any atom is 0.248 e. The average molecular weight is 378 g/mol. The van der Waals surface area contributed by atoms with Gasteiger partial charge in [-0.25, -0.2) is 15.0 Å². The Morgan fingerprint density at radius 1 is 1.22 bits per heavy atom. The molecule has 3 N–H and O–H groups in total. The number of benzene rings is 1. The van der Waals surface area contributed by atoms with Gasteiger partial charge in [-0.15, -0.1) is 0 Å². The molecule has 0 aliphatic rings. The summed E-state index contributed by atoms with van der Waals surface area (Å²) in [5, 5.41) is 7.40. The van der Waals surface area contributed by atoms with Crippen LogP contribution in [-0.4, -0.2) is 32.0 Å². The first-order valence-electron chi connectivity index (χ1n) is 8.59. The third-order valence-electron chi connectivity index (χ3n) is 4.15. The molecule has 27 heavy (non-hydrogen) atoms. The van der Waals surface area contributed by atoms with Gasteiger partial charge in [-0.05, 0) is 30.0 Å². The van der Waals surface area contributed by atoms with Crippen LogP contribution >= 0.6 is 11.3 Å². The summed E-state index contributed by atoms with van der Waals surface area (Å²) in [7, 11) is 0. The number of primary amides is 1. The van der Waals surface area contributed by atoms with Gasteiger partial charge < -0.3 is 11.1 Å². The van der Waals surface area contributed by atoms with Gasteiger partial charge in [0.1, 0.15) is 6.33 Å². The maximum absolute atomic E-state index is 11.3. The van der Waals surface area contributed by atoms with E-state index in [4.69, 9.17) is 10.7 Å². The van der Waals surface area contributed by atoms with Crippen LogP contribution in [0, 0.1) is 0 Å². The number of nitrogens with zero attached hydrogens (tertiary/aromatic N) is 4. The maximum atomic E-state index is 11.3. The Bertz CT molecular complexity index is 1090. The molecule has 0 unspecified atom stereocenters. The molecular formula is C19H18N6OS. The van der Waals surface area contributed by atoms with Gasteiger partial charge in [-0.2, -0.15) is 11.3 Å². The van der Waals surface area contributed by atoms with Crippen molar-refractivity contribution in [2.75, 3.05) is 11.9 Å². The summed E-state index contributed by atoms with van der Waals surface area (Å²) >= 11 is 1.62. The number of fused-ring (bicyclic) bond motifs is 1. The van der Waals surface area contributed by atoms with Crippen molar-refractivity contribution in [3.8, 4) is 17.1 Å². The molecule has 136 valence electrons. The summed E-state index contributed by atoms with van der Waals surface area (Å²) in [4.78, 5) is 25.2. The third-order valence-corrected chi connectivity index (χ3v) is 4.82. The highest BCUT2D eigenvalue weighted by Gasteiger charge is 2.15. The molecule has 0 aliphatic carbocycles. The normalized spacial score (nSPS) is 11.0. The lowest BCUT2D eigenvalue weighted by Gasteiger charge is -2.09. The molecule has 0 radical (unpaired) electrons. The number of thiophene rings is 1. The van der Waals surface area contributed by atoms with Crippen molar-refractivity contribution in [1.82, 2.24) is 19.5 Å². The zero-order valence-corrected chi connectivity index (χ0v) is 15.5. The predicted octanol–water partition coefficient (Wildman–Crippen LogP) is 3.46. The molecule has 0 aliphatic heterocycles. The second-order valence-electron chi connectivity index (χ2n) is 6.03. The Hall–Kier alpha value is -3.26. The van der Waals surface area contributed by atoms with Crippen molar-refractivity contribution in [3.63, 3.8) is 0 Å². The lowest BCUT2D eigenvalue weighted by molar-refractivity contribution is 0.100. The van der Waals surface area contributed by atoms with Gasteiger partial charge in [0.25, 0.3) is 0 Å². The number of imidazole rings is 1. The van der Waals surface area contributed by atoms with Crippen molar-refractivity contribution >= 4 is 34.2 Å². The van der Waals surface area contributed by atoms with Crippen LogP contribution in [0.4, 0.5) is 5.82 Å². The first-order valence-corrected chi connectivity index (χ1v) is 9.53. The van der Waals surface area contributed by atoms with Crippen LogP contribution in [-0.2, 0) is 0 Å². The largest absolute Gasteiger partial charge is 0.368 e. The van der Waals surface area contributed by atoms with Crippen molar-refractivity contribution in [1.29, 1.82) is 0 Å². The SMILES string of the molecule is CCCNc1nc(-c2ccc(C(N)=O)cc2)nc2c1ncn2-c1ccsc1. The molecule has 0 spiro atoms. The molecule has 4 rings (SSSR count). The molecule has 1 amide bonds. The number of nitrogens with two attached hydrogens (primary N) is 1. The number of hydrogen-bond acceptors (Lipinski definition) is 6. The topological polar surface area (TPSA) is 98.7 Å². The number of amides is 1. The van der Waals surface area contributed by atoms with Crippen LogP contribution in [0.15, 0.2) is 47.4 Å². The Balaban J connectivity index is 1.87. The van der Waals surface area contributed by atoms with Gasteiger partial charge in [0.05, 0.1) is 5.69 Å². The minimum atomic E-state index is -0.459. The summed E-state index contributed by atoms with van der Waals surface area (Å²) in [5.74, 6) is 0.803. The summed E-state index contributed by atoms with van der Waals surface area (Å²) in [6, 6.07) is 8.99. The highest BCUT2D eigenvalue weighted by molar-refractivity contribution is 7.08. The van der Waals surface area contributed by atoms with E-state index in [0.29, 0.717) is 17.2 Å². The van der Waals surface area contributed by atoms with E-state index in [1.54, 1.807) is 41.9 Å². The van der Waals surface area contributed by atoms with Crippen molar-refractivity contribution in [2.24, 2.45) is 5.73 Å². The molecule has 0 fully saturated rings. The quantitative estimate of drug-likeness (QED) is 0.535. The summed E-state index contributed by atoms with van der Waals surface area (Å²) in [6.07, 6.45) is 2.73. The second kappa shape index (κ2) is 7.16. The fourth-order valence-electron chi connectivity index (χ4n) is 2.76. The Kier molecular flexibility index (Phi) is 4.55. The van der Waals surface area contributed by atoms with E-state index in [9.17, 15) is 4.79 Å². The first kappa shape index (κ1) is 17.2. The third kappa shape index (κ3) is 3.26. The van der Waals surface area contributed by atoms with Crippen LogP contribution < -0.4 is 11.1 Å². The van der Waals surface area contributed by atoms with Gasteiger partial charge in [0.15, 0.2) is 22.8 Å². The minimum absolute atomic E-state index is 0.451.